The van der Waals surface area contributed by atoms with E-state index in [4.69, 9.17) is 13.3 Å². The van der Waals surface area contributed by atoms with Crippen LogP contribution in [0, 0.1) is 6.92 Å². The maximum absolute atomic E-state index is 11.0. The molecule has 0 fully saturated rings. The van der Waals surface area contributed by atoms with Crippen molar-refractivity contribution in [3.8, 4) is 0 Å². The fraction of sp³-hybridized carbons (Fsp3) is 0.444. The summed E-state index contributed by atoms with van der Waals surface area (Å²) in [5, 5.41) is 3.73. The van der Waals surface area contributed by atoms with Gasteiger partial charge < -0.3 is 9.51 Å². The van der Waals surface area contributed by atoms with E-state index in [0.29, 0.717) is 17.9 Å². The maximum Gasteiger partial charge on any atom is 0.398 e. The first kappa shape index (κ1) is 19.5. The third-order valence-corrected chi connectivity index (χ3v) is 4.75. The van der Waals surface area contributed by atoms with Crippen LogP contribution in [0.25, 0.3) is 11.0 Å². The molecule has 0 bridgehead atoms. The van der Waals surface area contributed by atoms with E-state index in [1.54, 1.807) is 13.0 Å². The number of rotatable bonds is 10. The third-order valence-electron chi connectivity index (χ3n) is 4.27. The second kappa shape index (κ2) is 8.64. The molecule has 8 nitrogen and oxygen atoms in total. The SMILES string of the molecule is Cc1cc(C(CCCCCCc2nc3ccccc3[nH]2)OS(=O)(=O)O)on1. The molecular weight excluding hydrogens is 370 g/mol. The van der Waals surface area contributed by atoms with Gasteiger partial charge in [0.25, 0.3) is 0 Å². The van der Waals surface area contributed by atoms with E-state index >= 15 is 0 Å². The van der Waals surface area contributed by atoms with Crippen molar-refractivity contribution in [2.45, 2.75) is 51.6 Å². The Balaban J connectivity index is 1.43. The summed E-state index contributed by atoms with van der Waals surface area (Å²) in [6.45, 7) is 1.73. The smallest absolute Gasteiger partial charge is 0.358 e. The van der Waals surface area contributed by atoms with Gasteiger partial charge in [-0.3, -0.25) is 4.55 Å². The highest BCUT2D eigenvalue weighted by Crippen LogP contribution is 2.26. The molecule has 0 aliphatic rings. The fourth-order valence-corrected chi connectivity index (χ4v) is 3.50. The number of aryl methyl sites for hydroxylation is 2. The number of benzene rings is 1. The number of hydrogen-bond acceptors (Lipinski definition) is 6. The largest absolute Gasteiger partial charge is 0.398 e. The van der Waals surface area contributed by atoms with Crippen LogP contribution in [0.1, 0.15) is 55.5 Å². The van der Waals surface area contributed by atoms with Gasteiger partial charge in [0, 0.05) is 12.5 Å². The first-order valence-corrected chi connectivity index (χ1v) is 10.3. The van der Waals surface area contributed by atoms with Crippen LogP contribution < -0.4 is 0 Å². The van der Waals surface area contributed by atoms with Crippen LogP contribution in [-0.4, -0.2) is 28.1 Å². The second-order valence-corrected chi connectivity index (χ2v) is 7.58. The third kappa shape index (κ3) is 5.88. The minimum Gasteiger partial charge on any atom is -0.358 e. The van der Waals surface area contributed by atoms with Crippen LogP contribution in [-0.2, 0) is 21.0 Å². The van der Waals surface area contributed by atoms with Crippen molar-refractivity contribution in [2.75, 3.05) is 0 Å². The fourth-order valence-electron chi connectivity index (χ4n) is 3.02. The summed E-state index contributed by atoms with van der Waals surface area (Å²) in [4.78, 5) is 7.86. The summed E-state index contributed by atoms with van der Waals surface area (Å²) < 4.78 is 40.9. The van der Waals surface area contributed by atoms with Gasteiger partial charge in [0.15, 0.2) is 5.76 Å². The monoisotopic (exact) mass is 393 g/mol. The summed E-state index contributed by atoms with van der Waals surface area (Å²) >= 11 is 0. The molecule has 2 heterocycles. The molecule has 27 heavy (non-hydrogen) atoms. The lowest BCUT2D eigenvalue weighted by molar-refractivity contribution is 0.139. The Kier molecular flexibility index (Phi) is 6.25. The van der Waals surface area contributed by atoms with Crippen molar-refractivity contribution in [2.24, 2.45) is 0 Å². The highest BCUT2D eigenvalue weighted by Gasteiger charge is 2.22. The molecule has 2 aromatic heterocycles. The molecule has 1 unspecified atom stereocenters. The molecule has 0 spiro atoms. The number of aromatic amines is 1. The van der Waals surface area contributed by atoms with E-state index in [9.17, 15) is 8.42 Å². The molecule has 146 valence electrons. The number of fused-ring (bicyclic) bond motifs is 1. The van der Waals surface area contributed by atoms with E-state index in [-0.39, 0.29) is 0 Å². The molecule has 3 aromatic rings. The van der Waals surface area contributed by atoms with Gasteiger partial charge in [-0.1, -0.05) is 36.6 Å². The van der Waals surface area contributed by atoms with Crippen LogP contribution in [0.2, 0.25) is 0 Å². The van der Waals surface area contributed by atoms with Gasteiger partial charge >= 0.3 is 10.4 Å². The van der Waals surface area contributed by atoms with Crippen LogP contribution in [0.3, 0.4) is 0 Å². The number of imidazole rings is 1. The molecular formula is C18H23N3O5S. The molecule has 1 atom stereocenters. The van der Waals surface area contributed by atoms with Gasteiger partial charge in [0.05, 0.1) is 16.7 Å². The first-order valence-electron chi connectivity index (χ1n) is 8.93. The summed E-state index contributed by atoms with van der Waals surface area (Å²) in [6.07, 6.45) is 4.01. The van der Waals surface area contributed by atoms with Gasteiger partial charge in [0.2, 0.25) is 0 Å². The van der Waals surface area contributed by atoms with Crippen molar-refractivity contribution >= 4 is 21.4 Å². The zero-order valence-corrected chi connectivity index (χ0v) is 15.9. The molecule has 9 heteroatoms. The lowest BCUT2D eigenvalue weighted by Gasteiger charge is -2.12. The quantitative estimate of drug-likeness (QED) is 0.396. The second-order valence-electron chi connectivity index (χ2n) is 6.54. The minimum atomic E-state index is -4.56. The summed E-state index contributed by atoms with van der Waals surface area (Å²) in [7, 11) is -4.56. The van der Waals surface area contributed by atoms with Crippen LogP contribution >= 0.6 is 0 Å². The number of para-hydroxylation sites is 2. The number of nitrogens with zero attached hydrogens (tertiary/aromatic N) is 2. The standard InChI is InChI=1S/C18H23N3O5S/c1-13-12-17(25-21-13)16(26-27(22,23)24)10-4-2-3-5-11-18-19-14-8-6-7-9-15(14)20-18/h6-9,12,16H,2-5,10-11H2,1H3,(H,19,20)(H,22,23,24). The van der Waals surface area contributed by atoms with E-state index in [1.807, 2.05) is 24.3 Å². The molecule has 0 aliphatic carbocycles. The topological polar surface area (TPSA) is 118 Å². The molecule has 0 saturated carbocycles. The number of hydrogen-bond donors (Lipinski definition) is 2. The van der Waals surface area contributed by atoms with Crippen molar-refractivity contribution in [3.05, 3.63) is 47.6 Å². The molecule has 0 radical (unpaired) electrons. The number of unbranched alkanes of at least 4 members (excludes halogenated alkanes) is 3. The molecule has 1 aromatic carbocycles. The van der Waals surface area contributed by atoms with E-state index in [0.717, 1.165) is 49.0 Å². The number of aromatic nitrogens is 3. The Labute approximate surface area is 157 Å². The maximum atomic E-state index is 11.0. The number of nitrogens with one attached hydrogen (secondary N) is 1. The number of H-pyrrole nitrogens is 1. The average Bonchev–Trinajstić information content (AvgIpc) is 3.21. The van der Waals surface area contributed by atoms with Gasteiger partial charge in [-0.15, -0.1) is 0 Å². The summed E-state index contributed by atoms with van der Waals surface area (Å²) in [5.41, 5.74) is 2.64. The Bertz CT molecular complexity index is 947. The zero-order chi connectivity index (χ0) is 19.3. The highest BCUT2D eigenvalue weighted by molar-refractivity contribution is 7.80. The predicted molar refractivity (Wildman–Crippen MR) is 99.5 cm³/mol. The lowest BCUT2D eigenvalue weighted by atomic mass is 10.1. The Morgan fingerprint density at radius 3 is 2.70 bits per heavy atom. The minimum absolute atomic E-state index is 0.299. The molecule has 2 N–H and O–H groups in total. The Morgan fingerprint density at radius 1 is 1.22 bits per heavy atom. The average molecular weight is 393 g/mol. The normalized spacial score (nSPS) is 13.3. The predicted octanol–water partition coefficient (Wildman–Crippen LogP) is 3.91. The molecule has 0 amide bonds. The Hall–Kier alpha value is -2.23. The van der Waals surface area contributed by atoms with Gasteiger partial charge in [-0.25, -0.2) is 9.17 Å². The molecule has 0 saturated heterocycles. The highest BCUT2D eigenvalue weighted by atomic mass is 32.3. The van der Waals surface area contributed by atoms with Gasteiger partial charge in [-0.05, 0) is 31.9 Å². The lowest BCUT2D eigenvalue weighted by Crippen LogP contribution is -2.10. The summed E-state index contributed by atoms with van der Waals surface area (Å²) in [6, 6.07) is 9.54. The van der Waals surface area contributed by atoms with E-state index in [2.05, 4.69) is 15.1 Å². The van der Waals surface area contributed by atoms with Crippen molar-refractivity contribution in [1.29, 1.82) is 0 Å². The molecule has 3 rings (SSSR count). The van der Waals surface area contributed by atoms with Crippen LogP contribution in [0.5, 0.6) is 0 Å². The van der Waals surface area contributed by atoms with Crippen LogP contribution in [0.4, 0.5) is 0 Å². The van der Waals surface area contributed by atoms with Crippen molar-refractivity contribution in [3.63, 3.8) is 0 Å². The zero-order valence-electron chi connectivity index (χ0n) is 15.1. The Morgan fingerprint density at radius 2 is 2.00 bits per heavy atom. The first-order chi connectivity index (χ1) is 12.9. The summed E-state index contributed by atoms with van der Waals surface area (Å²) in [5.74, 6) is 1.27. The van der Waals surface area contributed by atoms with Crippen molar-refractivity contribution < 1.29 is 21.7 Å². The van der Waals surface area contributed by atoms with Crippen LogP contribution in [0.15, 0.2) is 34.9 Å². The van der Waals surface area contributed by atoms with Gasteiger partial charge in [-0.2, -0.15) is 8.42 Å². The molecule has 0 aliphatic heterocycles. The van der Waals surface area contributed by atoms with E-state index < -0.39 is 16.5 Å². The van der Waals surface area contributed by atoms with Crippen molar-refractivity contribution in [1.82, 2.24) is 15.1 Å². The van der Waals surface area contributed by atoms with E-state index in [1.165, 1.54) is 0 Å². The van der Waals surface area contributed by atoms with Gasteiger partial charge in [0.1, 0.15) is 11.9 Å².